The van der Waals surface area contributed by atoms with E-state index in [9.17, 15) is 5.11 Å². The van der Waals surface area contributed by atoms with Crippen LogP contribution in [0.3, 0.4) is 0 Å². The van der Waals surface area contributed by atoms with Crippen molar-refractivity contribution in [2.75, 3.05) is 7.05 Å². The van der Waals surface area contributed by atoms with E-state index in [-0.39, 0.29) is 6.04 Å². The van der Waals surface area contributed by atoms with E-state index in [1.807, 2.05) is 44.3 Å². The van der Waals surface area contributed by atoms with Crippen molar-refractivity contribution in [2.24, 2.45) is 0 Å². The van der Waals surface area contributed by atoms with Crippen molar-refractivity contribution in [2.45, 2.75) is 19.1 Å². The van der Waals surface area contributed by atoms with E-state index in [2.05, 4.69) is 5.32 Å². The SMILES string of the molecule is CN[C@@H](C)[C@H](O)c1ccccc1.O=[N+]([O-])O. The fourth-order valence-corrected chi connectivity index (χ4v) is 1.10. The fourth-order valence-electron chi connectivity index (χ4n) is 1.10. The normalized spacial score (nSPS) is 13.2. The molecule has 0 bridgehead atoms. The number of likely N-dealkylation sites (N-methyl/N-ethyl adjacent to an activating group) is 1. The maximum atomic E-state index is 9.73. The summed E-state index contributed by atoms with van der Waals surface area (Å²) in [6.45, 7) is 1.96. The minimum atomic E-state index is -1.50. The van der Waals surface area contributed by atoms with Gasteiger partial charge in [0.05, 0.1) is 6.10 Å². The first-order valence-electron chi connectivity index (χ1n) is 4.72. The average molecular weight is 228 g/mol. The lowest BCUT2D eigenvalue weighted by Gasteiger charge is -2.17. The van der Waals surface area contributed by atoms with Crippen LogP contribution in [-0.4, -0.2) is 28.5 Å². The number of hydrogen-bond donors (Lipinski definition) is 3. The molecule has 0 unspecified atom stereocenters. The van der Waals surface area contributed by atoms with E-state index >= 15 is 0 Å². The minimum absolute atomic E-state index is 0.0902. The highest BCUT2D eigenvalue weighted by atomic mass is 16.9. The van der Waals surface area contributed by atoms with Gasteiger partial charge in [0.15, 0.2) is 0 Å². The van der Waals surface area contributed by atoms with Crippen LogP contribution >= 0.6 is 0 Å². The Labute approximate surface area is 93.6 Å². The lowest BCUT2D eigenvalue weighted by molar-refractivity contribution is -0.742. The van der Waals surface area contributed by atoms with Gasteiger partial charge in [0.25, 0.3) is 5.09 Å². The van der Waals surface area contributed by atoms with Gasteiger partial charge in [-0.15, -0.1) is 10.1 Å². The van der Waals surface area contributed by atoms with E-state index in [0.29, 0.717) is 0 Å². The Hall–Kier alpha value is -1.66. The third-order valence-electron chi connectivity index (χ3n) is 2.07. The predicted molar refractivity (Wildman–Crippen MR) is 58.7 cm³/mol. The van der Waals surface area contributed by atoms with Crippen LogP contribution in [0, 0.1) is 10.1 Å². The van der Waals surface area contributed by atoms with Crippen LogP contribution in [0.15, 0.2) is 30.3 Å². The second-order valence-corrected chi connectivity index (χ2v) is 3.17. The van der Waals surface area contributed by atoms with Gasteiger partial charge in [-0.3, -0.25) is 0 Å². The Bertz CT molecular complexity index is 301. The molecule has 1 rings (SSSR count). The van der Waals surface area contributed by atoms with Gasteiger partial charge >= 0.3 is 0 Å². The molecule has 0 fully saturated rings. The van der Waals surface area contributed by atoms with Gasteiger partial charge in [-0.2, -0.15) is 0 Å². The highest BCUT2D eigenvalue weighted by Crippen LogP contribution is 2.15. The molecule has 0 heterocycles. The van der Waals surface area contributed by atoms with Crippen LogP contribution in [0.5, 0.6) is 0 Å². The molecule has 0 radical (unpaired) electrons. The van der Waals surface area contributed by atoms with Gasteiger partial charge in [-0.05, 0) is 19.5 Å². The molecule has 16 heavy (non-hydrogen) atoms. The monoisotopic (exact) mass is 228 g/mol. The van der Waals surface area contributed by atoms with Crippen LogP contribution in [0.25, 0.3) is 0 Å². The molecule has 0 saturated heterocycles. The van der Waals surface area contributed by atoms with Crippen molar-refractivity contribution < 1.29 is 15.4 Å². The summed E-state index contributed by atoms with van der Waals surface area (Å²) in [4.78, 5) is 8.36. The van der Waals surface area contributed by atoms with Crippen LogP contribution in [0.4, 0.5) is 0 Å². The number of rotatable bonds is 3. The van der Waals surface area contributed by atoms with E-state index in [1.54, 1.807) is 0 Å². The Kier molecular flexibility index (Phi) is 6.82. The number of aliphatic hydroxyl groups is 1. The summed E-state index contributed by atoms with van der Waals surface area (Å²) >= 11 is 0. The van der Waals surface area contributed by atoms with Crippen LogP contribution in [0.2, 0.25) is 0 Å². The van der Waals surface area contributed by atoms with Gasteiger partial charge in [0.1, 0.15) is 0 Å². The highest BCUT2D eigenvalue weighted by Gasteiger charge is 2.12. The molecule has 0 amide bonds. The zero-order chi connectivity index (χ0) is 12.6. The van der Waals surface area contributed by atoms with Crippen molar-refractivity contribution in [3.8, 4) is 0 Å². The molecule has 3 N–H and O–H groups in total. The maximum absolute atomic E-state index is 9.73. The molecule has 0 aromatic heterocycles. The van der Waals surface area contributed by atoms with Gasteiger partial charge in [0.2, 0.25) is 0 Å². The van der Waals surface area contributed by atoms with Crippen molar-refractivity contribution in [3.63, 3.8) is 0 Å². The number of benzene rings is 1. The Morgan fingerprint density at radius 3 is 2.19 bits per heavy atom. The van der Waals surface area contributed by atoms with Crippen LogP contribution in [0.1, 0.15) is 18.6 Å². The number of aliphatic hydroxyl groups excluding tert-OH is 1. The minimum Gasteiger partial charge on any atom is -0.387 e. The predicted octanol–water partition coefficient (Wildman–Crippen LogP) is 0.980. The van der Waals surface area contributed by atoms with E-state index < -0.39 is 11.2 Å². The summed E-state index contributed by atoms with van der Waals surface area (Å²) in [6, 6.07) is 9.76. The molecular weight excluding hydrogens is 212 g/mol. The van der Waals surface area contributed by atoms with Gasteiger partial charge < -0.3 is 15.6 Å². The van der Waals surface area contributed by atoms with E-state index in [0.717, 1.165) is 5.56 Å². The number of nitrogens with zero attached hydrogens (tertiary/aromatic N) is 1. The second kappa shape index (κ2) is 7.61. The first kappa shape index (κ1) is 14.3. The average Bonchev–Trinajstić information content (AvgIpc) is 2.27. The second-order valence-electron chi connectivity index (χ2n) is 3.17. The molecule has 2 atom stereocenters. The van der Waals surface area contributed by atoms with Crippen molar-refractivity contribution in [1.29, 1.82) is 0 Å². The number of hydrogen-bond acceptors (Lipinski definition) is 4. The molecule has 0 saturated carbocycles. The lowest BCUT2D eigenvalue weighted by atomic mass is 10.0. The molecule has 6 heteroatoms. The quantitative estimate of drug-likeness (QED) is 0.529. The number of nitrogens with one attached hydrogen (secondary N) is 1. The summed E-state index contributed by atoms with van der Waals surface area (Å²) in [5.41, 5.74) is 0.958. The van der Waals surface area contributed by atoms with Crippen molar-refractivity contribution in [1.82, 2.24) is 5.32 Å². The largest absolute Gasteiger partial charge is 0.387 e. The molecule has 0 aliphatic carbocycles. The molecule has 90 valence electrons. The lowest BCUT2D eigenvalue weighted by Crippen LogP contribution is -2.28. The van der Waals surface area contributed by atoms with Gasteiger partial charge in [-0.25, -0.2) is 0 Å². The molecule has 1 aromatic carbocycles. The molecule has 0 aliphatic rings. The van der Waals surface area contributed by atoms with Crippen molar-refractivity contribution in [3.05, 3.63) is 46.0 Å². The molecule has 0 aliphatic heterocycles. The fraction of sp³-hybridized carbons (Fsp3) is 0.400. The van der Waals surface area contributed by atoms with E-state index in [4.69, 9.17) is 15.3 Å². The topological polar surface area (TPSA) is 95.6 Å². The van der Waals surface area contributed by atoms with E-state index in [1.165, 1.54) is 0 Å². The highest BCUT2D eigenvalue weighted by molar-refractivity contribution is 5.18. The first-order chi connectivity index (χ1) is 7.49. The zero-order valence-corrected chi connectivity index (χ0v) is 9.20. The summed E-state index contributed by atoms with van der Waals surface area (Å²) in [5.74, 6) is 0. The van der Waals surface area contributed by atoms with Gasteiger partial charge in [-0.1, -0.05) is 30.3 Å². The molecule has 0 spiro atoms. The first-order valence-corrected chi connectivity index (χ1v) is 4.72. The summed E-state index contributed by atoms with van der Waals surface area (Å²) in [6.07, 6.45) is -0.420. The smallest absolute Gasteiger partial charge is 0.291 e. The Morgan fingerprint density at radius 2 is 1.81 bits per heavy atom. The Balaban J connectivity index is 0.000000487. The van der Waals surface area contributed by atoms with Crippen LogP contribution < -0.4 is 5.32 Å². The summed E-state index contributed by atoms with van der Waals surface area (Å²) in [7, 11) is 1.84. The van der Waals surface area contributed by atoms with Gasteiger partial charge in [0, 0.05) is 6.04 Å². The third kappa shape index (κ3) is 5.94. The van der Waals surface area contributed by atoms with Crippen LogP contribution in [-0.2, 0) is 0 Å². The third-order valence-corrected chi connectivity index (χ3v) is 2.07. The zero-order valence-electron chi connectivity index (χ0n) is 9.20. The molecule has 1 aromatic rings. The summed E-state index contributed by atoms with van der Waals surface area (Å²) in [5, 5.41) is 26.4. The van der Waals surface area contributed by atoms with Crippen molar-refractivity contribution >= 4 is 0 Å². The molecule has 6 nitrogen and oxygen atoms in total. The molecular formula is C10H16N2O4. The standard InChI is InChI=1S/C10H15NO.HNO3/c1-8(11-2)10(12)9-6-4-3-5-7-9;2-1(3)4/h3-8,10-12H,1-2H3;(H,2,3,4)/t8-,10-;/m0./s1. The summed E-state index contributed by atoms with van der Waals surface area (Å²) < 4.78 is 0. The Morgan fingerprint density at radius 1 is 1.38 bits per heavy atom. The maximum Gasteiger partial charge on any atom is 0.291 e.